The van der Waals surface area contributed by atoms with Gasteiger partial charge in [-0.2, -0.15) is 0 Å². The molecule has 4 nitrogen and oxygen atoms in total. The monoisotopic (exact) mass is 268 g/mol. The molecule has 0 aromatic carbocycles. The van der Waals surface area contributed by atoms with Crippen LogP contribution in [0.1, 0.15) is 12.8 Å². The highest BCUT2D eigenvalue weighted by Gasteiger charge is 2.35. The Hall–Kier alpha value is -0.160. The zero-order chi connectivity index (χ0) is 13.8. The number of rotatable bonds is 0. The molecule has 0 unspecified atom stereocenters. The summed E-state index contributed by atoms with van der Waals surface area (Å²) in [6, 6.07) is 0.869. The fraction of sp³-hybridized carbons (Fsp3) is 1.00. The summed E-state index contributed by atoms with van der Waals surface area (Å²) in [6.07, 6.45) is 2.87. The van der Waals surface area contributed by atoms with Crippen molar-refractivity contribution in [3.05, 3.63) is 0 Å². The first kappa shape index (κ1) is 15.2. The van der Waals surface area contributed by atoms with Gasteiger partial charge in [-0.05, 0) is 53.5 Å². The van der Waals surface area contributed by atoms with Crippen molar-refractivity contribution >= 4 is 0 Å². The van der Waals surface area contributed by atoms with E-state index in [1.54, 1.807) is 0 Å². The smallest absolute Gasteiger partial charge is 0.0260 e. The van der Waals surface area contributed by atoms with Crippen molar-refractivity contribution in [1.82, 2.24) is 19.6 Å². The van der Waals surface area contributed by atoms with Gasteiger partial charge in [0.2, 0.25) is 0 Å². The molecule has 2 atom stereocenters. The normalized spacial score (nSPS) is 34.7. The molecule has 3 heterocycles. The quantitative estimate of drug-likeness (QED) is 0.634. The minimum Gasteiger partial charge on any atom is -0.304 e. The van der Waals surface area contributed by atoms with Crippen LogP contribution in [-0.4, -0.2) is 99.6 Å². The molecule has 0 saturated carbocycles. The molecular weight excluding hydrogens is 236 g/mol. The maximum absolute atomic E-state index is 2.54. The summed E-state index contributed by atoms with van der Waals surface area (Å²) in [5.74, 6) is 0.971. The fourth-order valence-electron chi connectivity index (χ4n) is 3.52. The zero-order valence-corrected chi connectivity index (χ0v) is 13.3. The van der Waals surface area contributed by atoms with E-state index in [2.05, 4.69) is 47.8 Å². The van der Waals surface area contributed by atoms with Gasteiger partial charge < -0.3 is 19.6 Å². The van der Waals surface area contributed by atoms with Gasteiger partial charge in [-0.1, -0.05) is 0 Å². The summed E-state index contributed by atoms with van der Waals surface area (Å²) in [5.41, 5.74) is 0. The van der Waals surface area contributed by atoms with Crippen LogP contribution in [0.5, 0.6) is 0 Å². The zero-order valence-electron chi connectivity index (χ0n) is 13.3. The van der Waals surface area contributed by atoms with Crippen molar-refractivity contribution in [1.29, 1.82) is 0 Å². The van der Waals surface area contributed by atoms with E-state index in [4.69, 9.17) is 0 Å². The summed E-state index contributed by atoms with van der Waals surface area (Å²) >= 11 is 0. The lowest BCUT2D eigenvalue weighted by Gasteiger charge is -2.33. The van der Waals surface area contributed by atoms with E-state index in [1.807, 2.05) is 0 Å². The Morgan fingerprint density at radius 2 is 1.26 bits per heavy atom. The van der Waals surface area contributed by atoms with Gasteiger partial charge in [0, 0.05) is 45.3 Å². The maximum Gasteiger partial charge on any atom is 0.0260 e. The molecular formula is C15H32N4. The number of likely N-dealkylation sites (tertiary alicyclic amines) is 2. The van der Waals surface area contributed by atoms with Crippen LogP contribution >= 0.6 is 0 Å². The Morgan fingerprint density at radius 1 is 0.684 bits per heavy atom. The van der Waals surface area contributed by atoms with Gasteiger partial charge in [0.1, 0.15) is 0 Å². The first-order valence-corrected chi connectivity index (χ1v) is 7.82. The Labute approximate surface area is 119 Å². The minimum absolute atomic E-state index is 0.869. The average Bonchev–Trinajstić information content (AvgIpc) is 2.76. The predicted molar refractivity (Wildman–Crippen MR) is 81.6 cm³/mol. The highest BCUT2D eigenvalue weighted by atomic mass is 15.2. The summed E-state index contributed by atoms with van der Waals surface area (Å²) in [6.45, 7) is 8.87. The van der Waals surface area contributed by atoms with Crippen LogP contribution < -0.4 is 0 Å². The Bertz CT molecular complexity index is 253. The van der Waals surface area contributed by atoms with Crippen molar-refractivity contribution in [2.75, 3.05) is 74.0 Å². The average molecular weight is 268 g/mol. The lowest BCUT2D eigenvalue weighted by atomic mass is 9.93. The third-order valence-electron chi connectivity index (χ3n) is 4.97. The van der Waals surface area contributed by atoms with Gasteiger partial charge in [-0.3, -0.25) is 0 Å². The number of piperazine rings is 1. The van der Waals surface area contributed by atoms with Gasteiger partial charge in [0.25, 0.3) is 0 Å². The second-order valence-corrected chi connectivity index (χ2v) is 6.78. The van der Waals surface area contributed by atoms with E-state index in [-0.39, 0.29) is 0 Å². The number of piperidine rings is 1. The van der Waals surface area contributed by atoms with Crippen LogP contribution in [0.4, 0.5) is 0 Å². The molecule has 3 aliphatic heterocycles. The Morgan fingerprint density at radius 3 is 1.79 bits per heavy atom. The predicted octanol–water partition coefficient (Wildman–Crippen LogP) is 0.506. The Kier molecular flexibility index (Phi) is 5.63. The summed E-state index contributed by atoms with van der Waals surface area (Å²) in [7, 11) is 8.86. The first-order valence-electron chi connectivity index (χ1n) is 7.82. The van der Waals surface area contributed by atoms with E-state index in [1.165, 1.54) is 58.7 Å². The fourth-order valence-corrected chi connectivity index (χ4v) is 3.52. The Balaban J connectivity index is 0.000000148. The number of hydrogen-bond acceptors (Lipinski definition) is 4. The number of hydrogen-bond donors (Lipinski definition) is 0. The molecule has 0 spiro atoms. The molecule has 0 aliphatic carbocycles. The van der Waals surface area contributed by atoms with Crippen molar-refractivity contribution in [3.8, 4) is 0 Å². The van der Waals surface area contributed by atoms with E-state index in [0.29, 0.717) is 0 Å². The summed E-state index contributed by atoms with van der Waals surface area (Å²) in [4.78, 5) is 9.73. The topological polar surface area (TPSA) is 13.0 Å². The van der Waals surface area contributed by atoms with Crippen LogP contribution in [0.25, 0.3) is 0 Å². The van der Waals surface area contributed by atoms with Crippen LogP contribution in [0.2, 0.25) is 0 Å². The highest BCUT2D eigenvalue weighted by Crippen LogP contribution is 2.28. The lowest BCUT2D eigenvalue weighted by Crippen LogP contribution is -2.42. The molecule has 3 fully saturated rings. The standard InChI is InChI=1S/C9H18N2.C6H14N2/c1-10-6-8-4-3-5-11(2)9(8)7-10;1-7-3-5-8(2)6-4-7/h8-9H,3-7H2,1-2H3;3-6H2,1-2H3/t8-,9+;/m0./s1. The van der Waals surface area contributed by atoms with E-state index in [9.17, 15) is 0 Å². The van der Waals surface area contributed by atoms with Crippen LogP contribution in [0.15, 0.2) is 0 Å². The molecule has 0 radical (unpaired) electrons. The second kappa shape index (κ2) is 7.02. The van der Waals surface area contributed by atoms with Gasteiger partial charge in [0.15, 0.2) is 0 Å². The lowest BCUT2D eigenvalue weighted by molar-refractivity contribution is 0.157. The molecule has 3 rings (SSSR count). The van der Waals surface area contributed by atoms with Gasteiger partial charge in [-0.25, -0.2) is 0 Å². The van der Waals surface area contributed by atoms with Crippen molar-refractivity contribution in [2.45, 2.75) is 18.9 Å². The number of fused-ring (bicyclic) bond motifs is 1. The van der Waals surface area contributed by atoms with Crippen molar-refractivity contribution in [3.63, 3.8) is 0 Å². The molecule has 4 heteroatoms. The molecule has 0 bridgehead atoms. The van der Waals surface area contributed by atoms with Crippen molar-refractivity contribution < 1.29 is 0 Å². The molecule has 0 aromatic rings. The minimum atomic E-state index is 0.869. The third-order valence-corrected chi connectivity index (χ3v) is 4.97. The second-order valence-electron chi connectivity index (χ2n) is 6.78. The van der Waals surface area contributed by atoms with Crippen LogP contribution in [-0.2, 0) is 0 Å². The largest absolute Gasteiger partial charge is 0.304 e. The van der Waals surface area contributed by atoms with Crippen LogP contribution in [0, 0.1) is 5.92 Å². The molecule has 3 saturated heterocycles. The summed E-state index contributed by atoms with van der Waals surface area (Å²) < 4.78 is 0. The van der Waals surface area contributed by atoms with E-state index in [0.717, 1.165) is 12.0 Å². The maximum atomic E-state index is 2.54. The first-order chi connectivity index (χ1) is 9.06. The number of nitrogens with zero attached hydrogens (tertiary/aromatic N) is 4. The molecule has 0 amide bonds. The molecule has 3 aliphatic rings. The number of likely N-dealkylation sites (N-methyl/N-ethyl adjacent to an activating group) is 4. The molecule has 0 N–H and O–H groups in total. The van der Waals surface area contributed by atoms with Gasteiger partial charge >= 0.3 is 0 Å². The third kappa shape index (κ3) is 4.42. The van der Waals surface area contributed by atoms with Gasteiger partial charge in [-0.15, -0.1) is 0 Å². The molecule has 112 valence electrons. The summed E-state index contributed by atoms with van der Waals surface area (Å²) in [5, 5.41) is 0. The molecule has 0 aromatic heterocycles. The SMILES string of the molecule is CN1CCN(C)CC1.CN1C[C@@H]2CCCN(C)[C@@H]2C1. The highest BCUT2D eigenvalue weighted by molar-refractivity contribution is 4.91. The van der Waals surface area contributed by atoms with Crippen molar-refractivity contribution in [2.24, 2.45) is 5.92 Å². The molecule has 19 heavy (non-hydrogen) atoms. The van der Waals surface area contributed by atoms with Crippen LogP contribution in [0.3, 0.4) is 0 Å². The van der Waals surface area contributed by atoms with Gasteiger partial charge in [0.05, 0.1) is 0 Å². The van der Waals surface area contributed by atoms with E-state index >= 15 is 0 Å². The van der Waals surface area contributed by atoms with E-state index < -0.39 is 0 Å².